The highest BCUT2D eigenvalue weighted by Crippen LogP contribution is 2.64. The van der Waals surface area contributed by atoms with E-state index in [0.717, 1.165) is 0 Å². The van der Waals surface area contributed by atoms with Crippen LogP contribution in [0.2, 0.25) is 0 Å². The summed E-state index contributed by atoms with van der Waals surface area (Å²) in [5.74, 6) is 0. The molecule has 6 nitrogen and oxygen atoms in total. The molecule has 2 fully saturated rings. The van der Waals surface area contributed by atoms with Gasteiger partial charge < -0.3 is 0 Å². The predicted molar refractivity (Wildman–Crippen MR) is 57.8 cm³/mol. The second-order valence-electron chi connectivity index (χ2n) is 3.79. The minimum atomic E-state index is -3.51. The van der Waals surface area contributed by atoms with Crippen LogP contribution in [0.4, 0.5) is 0 Å². The molecule has 0 aromatic rings. The van der Waals surface area contributed by atoms with Crippen molar-refractivity contribution in [2.45, 2.75) is 13.0 Å². The molecule has 94 valence electrons. The average Bonchev–Trinajstić information content (AvgIpc) is 2.15. The van der Waals surface area contributed by atoms with Crippen LogP contribution in [0.25, 0.3) is 0 Å². The van der Waals surface area contributed by atoms with Crippen molar-refractivity contribution < 1.29 is 27.2 Å². The molecule has 16 heavy (non-hydrogen) atoms. The van der Waals surface area contributed by atoms with Crippen LogP contribution >= 0.6 is 36.4 Å². The molecular formula is C6H10Cl2O6P2. The Kier molecular flexibility index (Phi) is 3.51. The summed E-state index contributed by atoms with van der Waals surface area (Å²) in [7, 11) is 0. The van der Waals surface area contributed by atoms with Gasteiger partial charge in [-0.25, -0.2) is 9.13 Å². The molecular weight excluding hydrogens is 301 g/mol. The maximum atomic E-state index is 11.4. The summed E-state index contributed by atoms with van der Waals surface area (Å²) in [5, 5.41) is 0. The van der Waals surface area contributed by atoms with Gasteiger partial charge in [0.15, 0.2) is 0 Å². The predicted octanol–water partition coefficient (Wildman–Crippen LogP) is 3.15. The van der Waals surface area contributed by atoms with E-state index < -0.39 is 25.4 Å². The Morgan fingerprint density at radius 2 is 1.50 bits per heavy atom. The molecule has 0 aromatic carbocycles. The van der Waals surface area contributed by atoms with Crippen molar-refractivity contribution in [1.29, 1.82) is 0 Å². The first-order chi connectivity index (χ1) is 7.25. The van der Waals surface area contributed by atoms with Crippen LogP contribution < -0.4 is 0 Å². The topological polar surface area (TPSA) is 71.1 Å². The third-order valence-electron chi connectivity index (χ3n) is 2.67. The Balaban J connectivity index is 2.11. The molecule has 1 unspecified atom stereocenters. The van der Waals surface area contributed by atoms with Gasteiger partial charge in [-0.2, -0.15) is 0 Å². The number of hydrogen-bond acceptors (Lipinski definition) is 6. The lowest BCUT2D eigenvalue weighted by Crippen LogP contribution is -2.50. The molecule has 0 amide bonds. The highest BCUT2D eigenvalue weighted by Gasteiger charge is 2.52. The van der Waals surface area contributed by atoms with E-state index in [0.29, 0.717) is 0 Å². The van der Waals surface area contributed by atoms with Crippen LogP contribution in [0.3, 0.4) is 0 Å². The fourth-order valence-electron chi connectivity index (χ4n) is 1.46. The summed E-state index contributed by atoms with van der Waals surface area (Å²) >= 11 is 10.9. The zero-order valence-corrected chi connectivity index (χ0v) is 11.6. The standard InChI is InChI=1S/C6H10Cl2O6P2/c1-5-6(4-13-16(8,10)14-5)2-11-15(7,9)12-3-6/h5H,2-4H2,1H3/t5-,6?,15?,16?/m0/s1. The molecule has 2 rings (SSSR count). The first kappa shape index (κ1) is 13.3. The average molecular weight is 311 g/mol. The van der Waals surface area contributed by atoms with E-state index >= 15 is 0 Å². The summed E-state index contributed by atoms with van der Waals surface area (Å²) in [6, 6.07) is 0. The first-order valence-electron chi connectivity index (χ1n) is 4.46. The lowest BCUT2D eigenvalue weighted by Gasteiger charge is -2.44. The third kappa shape index (κ3) is 2.65. The Hall–Kier alpha value is 0.880. The summed E-state index contributed by atoms with van der Waals surface area (Å²) < 4.78 is 42.4. The SMILES string of the molecule is C[C@@H]1OP(=O)(Cl)OCC12COP(=O)(Cl)OC2. The molecule has 10 heteroatoms. The Morgan fingerprint density at radius 3 is 2.00 bits per heavy atom. The molecule has 2 heterocycles. The van der Waals surface area contributed by atoms with Gasteiger partial charge in [-0.1, -0.05) is 0 Å². The van der Waals surface area contributed by atoms with Crippen LogP contribution in [-0.4, -0.2) is 25.9 Å². The largest absolute Gasteiger partial charge is 0.424 e. The van der Waals surface area contributed by atoms with Gasteiger partial charge in [0.1, 0.15) is 0 Å². The number of hydrogen-bond donors (Lipinski definition) is 0. The van der Waals surface area contributed by atoms with Gasteiger partial charge in [-0.3, -0.25) is 18.1 Å². The van der Waals surface area contributed by atoms with Gasteiger partial charge in [0.05, 0.1) is 31.3 Å². The van der Waals surface area contributed by atoms with Crippen LogP contribution in [0.1, 0.15) is 6.92 Å². The number of rotatable bonds is 0. The van der Waals surface area contributed by atoms with E-state index in [2.05, 4.69) is 0 Å². The molecule has 0 radical (unpaired) electrons. The molecule has 0 aliphatic carbocycles. The van der Waals surface area contributed by atoms with E-state index in [9.17, 15) is 9.13 Å². The van der Waals surface area contributed by atoms with Gasteiger partial charge in [0.25, 0.3) is 0 Å². The molecule has 2 aliphatic rings. The van der Waals surface area contributed by atoms with Gasteiger partial charge in [-0.15, -0.1) is 0 Å². The summed E-state index contributed by atoms with van der Waals surface area (Å²) in [4.78, 5) is 0. The molecule has 2 aliphatic heterocycles. The fourth-order valence-corrected chi connectivity index (χ4v) is 4.23. The van der Waals surface area contributed by atoms with Crippen molar-refractivity contribution in [3.05, 3.63) is 0 Å². The van der Waals surface area contributed by atoms with E-state index in [1.165, 1.54) is 0 Å². The minimum absolute atomic E-state index is 0.0475. The zero-order chi connectivity index (χ0) is 12.0. The minimum Gasteiger partial charge on any atom is -0.296 e. The first-order valence-corrected chi connectivity index (χ1v) is 9.36. The second kappa shape index (κ2) is 4.22. The molecule has 0 N–H and O–H groups in total. The summed E-state index contributed by atoms with van der Waals surface area (Å²) in [5.41, 5.74) is -0.675. The lowest BCUT2D eigenvalue weighted by atomic mass is 9.85. The molecule has 2 saturated heterocycles. The smallest absolute Gasteiger partial charge is 0.296 e. The van der Waals surface area contributed by atoms with Gasteiger partial charge in [0.2, 0.25) is 0 Å². The van der Waals surface area contributed by atoms with Crippen molar-refractivity contribution in [2.75, 3.05) is 19.8 Å². The molecule has 1 spiro atoms. The quantitative estimate of drug-likeness (QED) is 0.640. The van der Waals surface area contributed by atoms with Gasteiger partial charge in [0, 0.05) is 22.5 Å². The molecule has 0 bridgehead atoms. The fraction of sp³-hybridized carbons (Fsp3) is 1.00. The zero-order valence-electron chi connectivity index (χ0n) is 8.30. The maximum Gasteiger partial charge on any atom is 0.424 e. The maximum absolute atomic E-state index is 11.4. The van der Waals surface area contributed by atoms with E-state index in [1.807, 2.05) is 0 Å². The van der Waals surface area contributed by atoms with Crippen molar-refractivity contribution in [2.24, 2.45) is 5.41 Å². The molecule has 0 saturated carbocycles. The van der Waals surface area contributed by atoms with Crippen molar-refractivity contribution in [1.82, 2.24) is 0 Å². The third-order valence-corrected chi connectivity index (χ3v) is 5.66. The lowest BCUT2D eigenvalue weighted by molar-refractivity contribution is -0.100. The molecule has 0 aromatic heterocycles. The van der Waals surface area contributed by atoms with Crippen LogP contribution in [0.5, 0.6) is 0 Å². The van der Waals surface area contributed by atoms with E-state index in [1.54, 1.807) is 6.92 Å². The highest BCUT2D eigenvalue weighted by molar-refractivity contribution is 7.81. The van der Waals surface area contributed by atoms with E-state index in [-0.39, 0.29) is 19.8 Å². The van der Waals surface area contributed by atoms with Crippen molar-refractivity contribution in [3.8, 4) is 0 Å². The van der Waals surface area contributed by atoms with Crippen LogP contribution in [-0.2, 0) is 27.2 Å². The Labute approximate surface area is 102 Å². The van der Waals surface area contributed by atoms with E-state index in [4.69, 9.17) is 40.6 Å². The number of halogens is 2. The summed E-state index contributed by atoms with van der Waals surface area (Å²) in [6.07, 6.45) is -0.499. The monoisotopic (exact) mass is 310 g/mol. The van der Waals surface area contributed by atoms with Crippen LogP contribution in [0.15, 0.2) is 0 Å². The van der Waals surface area contributed by atoms with Gasteiger partial charge >= 0.3 is 13.9 Å². The Morgan fingerprint density at radius 1 is 1.06 bits per heavy atom. The van der Waals surface area contributed by atoms with Crippen LogP contribution in [0, 0.1) is 5.41 Å². The Bertz CT molecular complexity index is 367. The normalized spacial score (nSPS) is 54.1. The highest BCUT2D eigenvalue weighted by atomic mass is 35.7. The van der Waals surface area contributed by atoms with Crippen molar-refractivity contribution in [3.63, 3.8) is 0 Å². The second-order valence-corrected chi connectivity index (χ2v) is 8.98. The molecule has 2 atom stereocenters. The summed E-state index contributed by atoms with van der Waals surface area (Å²) in [6.45, 7) is -5.17. The van der Waals surface area contributed by atoms with Gasteiger partial charge in [-0.05, 0) is 6.92 Å². The van der Waals surface area contributed by atoms with Crippen molar-refractivity contribution >= 4 is 36.4 Å².